The van der Waals surface area contributed by atoms with Gasteiger partial charge in [0, 0.05) is 12.0 Å². The van der Waals surface area contributed by atoms with Gasteiger partial charge in [0.2, 0.25) is 0 Å². The van der Waals surface area contributed by atoms with Gasteiger partial charge in [-0.15, -0.1) is 11.3 Å². The topological polar surface area (TPSA) is 93.7 Å². The third-order valence-corrected chi connectivity index (χ3v) is 7.38. The summed E-state index contributed by atoms with van der Waals surface area (Å²) in [7, 11) is -3.73. The van der Waals surface area contributed by atoms with Crippen LogP contribution in [0.2, 0.25) is 0 Å². The number of nitrogens with one attached hydrogen (secondary N) is 2. The summed E-state index contributed by atoms with van der Waals surface area (Å²) in [4.78, 5) is 12.5. The van der Waals surface area contributed by atoms with Crippen molar-refractivity contribution in [2.24, 2.45) is 0 Å². The Morgan fingerprint density at radius 2 is 1.87 bits per heavy atom. The molecule has 3 aromatic rings. The molecule has 4 rings (SSSR count). The van der Waals surface area contributed by atoms with Crippen molar-refractivity contribution >= 4 is 38.6 Å². The van der Waals surface area contributed by atoms with E-state index in [1.54, 1.807) is 41.8 Å². The Hall–Kier alpha value is -3.04. The van der Waals surface area contributed by atoms with Crippen LogP contribution in [0.5, 0.6) is 11.5 Å². The van der Waals surface area contributed by atoms with Crippen LogP contribution < -0.4 is 19.5 Å². The van der Waals surface area contributed by atoms with Gasteiger partial charge in [0.05, 0.1) is 11.4 Å². The van der Waals surface area contributed by atoms with E-state index in [0.29, 0.717) is 17.2 Å². The number of anilines is 2. The summed E-state index contributed by atoms with van der Waals surface area (Å²) in [6.07, 6.45) is 0.767. The summed E-state index contributed by atoms with van der Waals surface area (Å²) in [5.74, 6) is 0.743. The molecule has 1 aromatic heterocycles. The second kappa shape index (κ2) is 8.24. The first-order valence-corrected chi connectivity index (χ1v) is 12.0. The summed E-state index contributed by atoms with van der Waals surface area (Å²) in [6.45, 7) is 3.75. The van der Waals surface area contributed by atoms with Crippen molar-refractivity contribution < 1.29 is 22.7 Å². The van der Waals surface area contributed by atoms with Crippen LogP contribution in [0.3, 0.4) is 0 Å². The molecule has 9 heteroatoms. The highest BCUT2D eigenvalue weighted by molar-refractivity contribution is 7.94. The maximum atomic E-state index is 12.5. The van der Waals surface area contributed by atoms with Crippen LogP contribution in [0, 0.1) is 0 Å². The van der Waals surface area contributed by atoms with Gasteiger partial charge >= 0.3 is 0 Å². The maximum absolute atomic E-state index is 12.5. The Bertz CT molecular complexity index is 1200. The van der Waals surface area contributed by atoms with Crippen LogP contribution >= 0.6 is 11.3 Å². The monoisotopic (exact) mass is 458 g/mol. The summed E-state index contributed by atoms with van der Waals surface area (Å²) in [6, 6.07) is 15.4. The first-order valence-electron chi connectivity index (χ1n) is 9.62. The zero-order valence-corrected chi connectivity index (χ0v) is 18.7. The number of rotatable bonds is 7. The van der Waals surface area contributed by atoms with E-state index < -0.39 is 15.9 Å². The van der Waals surface area contributed by atoms with Crippen LogP contribution in [-0.2, 0) is 21.2 Å². The second-order valence-corrected chi connectivity index (χ2v) is 10.6. The lowest BCUT2D eigenvalue weighted by molar-refractivity contribution is -0.118. The molecule has 1 aliphatic rings. The Morgan fingerprint density at radius 1 is 1.10 bits per heavy atom. The number of benzene rings is 2. The molecule has 31 heavy (non-hydrogen) atoms. The fraction of sp³-hybridized carbons (Fsp3) is 0.227. The zero-order valence-electron chi connectivity index (χ0n) is 17.0. The molecule has 0 bridgehead atoms. The highest BCUT2D eigenvalue weighted by Crippen LogP contribution is 2.41. The Balaban J connectivity index is 1.43. The van der Waals surface area contributed by atoms with E-state index in [1.165, 1.54) is 6.07 Å². The maximum Gasteiger partial charge on any atom is 0.271 e. The van der Waals surface area contributed by atoms with Crippen molar-refractivity contribution in [1.29, 1.82) is 0 Å². The molecule has 0 aliphatic carbocycles. The summed E-state index contributed by atoms with van der Waals surface area (Å²) < 4.78 is 39.4. The molecule has 0 spiro atoms. The first kappa shape index (κ1) is 21.2. The fourth-order valence-electron chi connectivity index (χ4n) is 3.32. The van der Waals surface area contributed by atoms with Gasteiger partial charge in [-0.3, -0.25) is 9.52 Å². The van der Waals surface area contributed by atoms with Gasteiger partial charge in [-0.1, -0.05) is 30.3 Å². The minimum absolute atomic E-state index is 0.192. The van der Waals surface area contributed by atoms with Gasteiger partial charge in [0.15, 0.2) is 18.1 Å². The van der Waals surface area contributed by atoms with Gasteiger partial charge in [-0.25, -0.2) is 8.42 Å². The predicted molar refractivity (Wildman–Crippen MR) is 121 cm³/mol. The number of sulfonamides is 1. The standard InChI is InChI=1S/C22H22N2O5S2/c1-22(2)13-15-7-5-10-18(21(15)29-22)28-14-19(25)23-16-8-3-4-9-17(16)24-31(26,27)20-11-6-12-30-20/h3-12,24H,13-14H2,1-2H3,(H,23,25). The van der Waals surface area contributed by atoms with E-state index in [1.807, 2.05) is 26.0 Å². The molecule has 1 aliphatic heterocycles. The van der Waals surface area contributed by atoms with Crippen LogP contribution in [0.1, 0.15) is 19.4 Å². The van der Waals surface area contributed by atoms with Crippen molar-refractivity contribution in [3.8, 4) is 11.5 Å². The lowest BCUT2D eigenvalue weighted by Crippen LogP contribution is -2.25. The Labute approximate surface area is 185 Å². The lowest BCUT2D eigenvalue weighted by atomic mass is 10.0. The lowest BCUT2D eigenvalue weighted by Gasteiger charge is -2.18. The molecule has 2 heterocycles. The zero-order chi connectivity index (χ0) is 22.1. The molecular formula is C22H22N2O5S2. The third-order valence-electron chi connectivity index (χ3n) is 4.62. The Kier molecular flexibility index (Phi) is 5.63. The average Bonchev–Trinajstić information content (AvgIpc) is 3.35. The van der Waals surface area contributed by atoms with Crippen molar-refractivity contribution in [3.63, 3.8) is 0 Å². The molecule has 0 radical (unpaired) electrons. The molecular weight excluding hydrogens is 436 g/mol. The largest absolute Gasteiger partial charge is 0.483 e. The molecule has 0 saturated carbocycles. The Morgan fingerprint density at radius 3 is 2.61 bits per heavy atom. The number of fused-ring (bicyclic) bond motifs is 1. The third kappa shape index (κ3) is 4.83. The number of carbonyl (C=O) groups is 1. The summed E-state index contributed by atoms with van der Waals surface area (Å²) >= 11 is 1.11. The number of ether oxygens (including phenoxy) is 2. The van der Waals surface area contributed by atoms with Crippen LogP contribution in [-0.4, -0.2) is 26.5 Å². The van der Waals surface area contributed by atoms with Crippen molar-refractivity contribution in [2.75, 3.05) is 16.6 Å². The van der Waals surface area contributed by atoms with Crippen molar-refractivity contribution in [3.05, 3.63) is 65.5 Å². The molecule has 2 N–H and O–H groups in total. The van der Waals surface area contributed by atoms with E-state index in [9.17, 15) is 13.2 Å². The van der Waals surface area contributed by atoms with Gasteiger partial charge in [-0.05, 0) is 43.5 Å². The van der Waals surface area contributed by atoms with Gasteiger partial charge < -0.3 is 14.8 Å². The number of hydrogen-bond acceptors (Lipinski definition) is 6. The van der Waals surface area contributed by atoms with Gasteiger partial charge in [0.25, 0.3) is 15.9 Å². The molecule has 0 unspecified atom stereocenters. The fourth-order valence-corrected chi connectivity index (χ4v) is 5.40. The number of hydrogen-bond donors (Lipinski definition) is 2. The molecule has 0 atom stereocenters. The highest BCUT2D eigenvalue weighted by atomic mass is 32.2. The van der Waals surface area contributed by atoms with E-state index in [2.05, 4.69) is 10.0 Å². The van der Waals surface area contributed by atoms with Crippen LogP contribution in [0.15, 0.2) is 64.2 Å². The van der Waals surface area contributed by atoms with E-state index in [0.717, 1.165) is 23.3 Å². The summed E-state index contributed by atoms with van der Waals surface area (Å²) in [5, 5.41) is 4.39. The van der Waals surface area contributed by atoms with Gasteiger partial charge in [0.1, 0.15) is 9.81 Å². The molecule has 0 fully saturated rings. The molecule has 162 valence electrons. The average molecular weight is 459 g/mol. The number of para-hydroxylation sites is 3. The number of amides is 1. The van der Waals surface area contributed by atoms with E-state index >= 15 is 0 Å². The normalized spacial score (nSPS) is 14.4. The van der Waals surface area contributed by atoms with Crippen molar-refractivity contribution in [1.82, 2.24) is 0 Å². The van der Waals surface area contributed by atoms with Crippen molar-refractivity contribution in [2.45, 2.75) is 30.1 Å². The minimum atomic E-state index is -3.73. The molecule has 7 nitrogen and oxygen atoms in total. The number of thiophene rings is 1. The molecule has 2 aromatic carbocycles. The second-order valence-electron chi connectivity index (χ2n) is 7.70. The van der Waals surface area contributed by atoms with Crippen LogP contribution in [0.25, 0.3) is 0 Å². The SMILES string of the molecule is CC1(C)Cc2cccc(OCC(=O)Nc3ccccc3NS(=O)(=O)c3cccs3)c2O1. The van der Waals surface area contributed by atoms with Gasteiger partial charge in [-0.2, -0.15) is 0 Å². The molecule has 0 saturated heterocycles. The number of carbonyl (C=O) groups excluding carboxylic acids is 1. The van der Waals surface area contributed by atoms with E-state index in [-0.39, 0.29) is 22.1 Å². The first-order chi connectivity index (χ1) is 14.7. The minimum Gasteiger partial charge on any atom is -0.483 e. The predicted octanol–water partition coefficient (Wildman–Crippen LogP) is 4.28. The van der Waals surface area contributed by atoms with E-state index in [4.69, 9.17) is 9.47 Å². The smallest absolute Gasteiger partial charge is 0.271 e. The quantitative estimate of drug-likeness (QED) is 0.551. The molecule has 1 amide bonds. The highest BCUT2D eigenvalue weighted by Gasteiger charge is 2.32. The summed E-state index contributed by atoms with van der Waals surface area (Å²) in [5.41, 5.74) is 1.33. The van der Waals surface area contributed by atoms with Crippen LogP contribution in [0.4, 0.5) is 11.4 Å².